The normalized spacial score (nSPS) is 15.3. The lowest BCUT2D eigenvalue weighted by Crippen LogP contribution is -2.10. The van der Waals surface area contributed by atoms with Crippen LogP contribution in [0, 0.1) is 0 Å². The summed E-state index contributed by atoms with van der Waals surface area (Å²) in [7, 11) is -3.28. The molecule has 0 saturated heterocycles. The summed E-state index contributed by atoms with van der Waals surface area (Å²) in [5, 5.41) is 8.68. The smallest absolute Gasteiger partial charge is 0.180 e. The third kappa shape index (κ3) is 2.06. The molecular formula is C11H14O3S. The van der Waals surface area contributed by atoms with Crippen molar-refractivity contribution in [1.29, 1.82) is 0 Å². The summed E-state index contributed by atoms with van der Waals surface area (Å²) in [5.74, 6) is -0.189. The number of aryl methyl sites for hydroxylation is 2. The fourth-order valence-corrected chi connectivity index (χ4v) is 3.05. The molecule has 0 spiro atoms. The Bertz CT molecular complexity index is 463. The number of benzene rings is 1. The zero-order valence-electron chi connectivity index (χ0n) is 8.44. The van der Waals surface area contributed by atoms with E-state index in [2.05, 4.69) is 0 Å². The van der Waals surface area contributed by atoms with Crippen LogP contribution in [0.2, 0.25) is 0 Å². The highest BCUT2D eigenvalue weighted by molar-refractivity contribution is 7.91. The van der Waals surface area contributed by atoms with Gasteiger partial charge in [-0.3, -0.25) is 0 Å². The fraction of sp³-hybridized carbons (Fsp3) is 0.455. The minimum absolute atomic E-state index is 0.189. The number of sulfone groups is 1. The molecule has 0 fully saturated rings. The second-order valence-electron chi connectivity index (χ2n) is 3.83. The molecule has 0 saturated carbocycles. The quantitative estimate of drug-likeness (QED) is 0.834. The molecule has 1 aliphatic rings. The minimum Gasteiger partial charge on any atom is -0.395 e. The van der Waals surface area contributed by atoms with Crippen molar-refractivity contribution in [2.45, 2.75) is 24.2 Å². The first-order valence-corrected chi connectivity index (χ1v) is 6.74. The van der Waals surface area contributed by atoms with E-state index in [0.717, 1.165) is 24.8 Å². The zero-order chi connectivity index (χ0) is 10.9. The summed E-state index contributed by atoms with van der Waals surface area (Å²) in [6.07, 6.45) is 3.13. The molecule has 4 heteroatoms. The highest BCUT2D eigenvalue weighted by atomic mass is 32.2. The van der Waals surface area contributed by atoms with Crippen LogP contribution in [-0.4, -0.2) is 25.9 Å². The Morgan fingerprint density at radius 2 is 1.93 bits per heavy atom. The zero-order valence-corrected chi connectivity index (χ0v) is 9.26. The van der Waals surface area contributed by atoms with Gasteiger partial charge in [-0.05, 0) is 42.5 Å². The summed E-state index contributed by atoms with van der Waals surface area (Å²) in [6.45, 7) is -0.320. The average Bonchev–Trinajstić information content (AvgIpc) is 2.63. The van der Waals surface area contributed by atoms with Crippen LogP contribution in [-0.2, 0) is 22.7 Å². The minimum atomic E-state index is -3.28. The van der Waals surface area contributed by atoms with Gasteiger partial charge in [0, 0.05) is 0 Å². The van der Waals surface area contributed by atoms with Crippen LogP contribution >= 0.6 is 0 Å². The van der Waals surface area contributed by atoms with Gasteiger partial charge in [-0.2, -0.15) is 0 Å². The number of hydrogen-bond donors (Lipinski definition) is 1. The van der Waals surface area contributed by atoms with E-state index < -0.39 is 9.84 Å². The van der Waals surface area contributed by atoms with Gasteiger partial charge in [0.1, 0.15) is 0 Å². The average molecular weight is 226 g/mol. The van der Waals surface area contributed by atoms with Crippen molar-refractivity contribution in [3.8, 4) is 0 Å². The summed E-state index contributed by atoms with van der Waals surface area (Å²) >= 11 is 0. The highest BCUT2D eigenvalue weighted by Crippen LogP contribution is 2.25. The molecule has 0 aliphatic heterocycles. The third-order valence-corrected chi connectivity index (χ3v) is 4.48. The number of hydrogen-bond acceptors (Lipinski definition) is 3. The van der Waals surface area contributed by atoms with Gasteiger partial charge in [0.05, 0.1) is 17.3 Å². The number of aliphatic hydroxyl groups excluding tert-OH is 1. The van der Waals surface area contributed by atoms with E-state index >= 15 is 0 Å². The molecule has 1 aliphatic carbocycles. The standard InChI is InChI=1S/C11H14O3S/c12-6-7-15(13,14)11-5-4-9-2-1-3-10(9)8-11/h4-5,8,12H,1-3,6-7H2. The Hall–Kier alpha value is -0.870. The van der Waals surface area contributed by atoms with E-state index in [1.807, 2.05) is 6.07 Å². The van der Waals surface area contributed by atoms with Crippen LogP contribution < -0.4 is 0 Å². The van der Waals surface area contributed by atoms with Crippen LogP contribution in [0.25, 0.3) is 0 Å². The van der Waals surface area contributed by atoms with Gasteiger partial charge in [-0.25, -0.2) is 8.42 Å². The predicted octanol–water partition coefficient (Wildman–Crippen LogP) is 0.941. The van der Waals surface area contributed by atoms with E-state index in [9.17, 15) is 8.42 Å². The van der Waals surface area contributed by atoms with Gasteiger partial charge in [-0.1, -0.05) is 6.07 Å². The molecule has 0 atom stereocenters. The van der Waals surface area contributed by atoms with Crippen molar-refractivity contribution in [1.82, 2.24) is 0 Å². The first-order chi connectivity index (χ1) is 7.13. The van der Waals surface area contributed by atoms with E-state index in [4.69, 9.17) is 5.11 Å². The molecule has 3 nitrogen and oxygen atoms in total. The molecular weight excluding hydrogens is 212 g/mol. The summed E-state index contributed by atoms with van der Waals surface area (Å²) in [4.78, 5) is 0.345. The molecule has 1 N–H and O–H groups in total. The number of fused-ring (bicyclic) bond motifs is 1. The van der Waals surface area contributed by atoms with Crippen LogP contribution in [0.5, 0.6) is 0 Å². The van der Waals surface area contributed by atoms with Crippen molar-refractivity contribution in [2.75, 3.05) is 12.4 Å². The summed E-state index contributed by atoms with van der Waals surface area (Å²) < 4.78 is 23.3. The van der Waals surface area contributed by atoms with Gasteiger partial charge < -0.3 is 5.11 Å². The van der Waals surface area contributed by atoms with Crippen molar-refractivity contribution >= 4 is 9.84 Å². The van der Waals surface area contributed by atoms with E-state index in [1.165, 1.54) is 5.56 Å². The Kier molecular flexibility index (Phi) is 2.80. The van der Waals surface area contributed by atoms with Gasteiger partial charge in [0.15, 0.2) is 9.84 Å². The monoisotopic (exact) mass is 226 g/mol. The second-order valence-corrected chi connectivity index (χ2v) is 5.94. The second kappa shape index (κ2) is 3.94. The highest BCUT2D eigenvalue weighted by Gasteiger charge is 2.17. The summed E-state index contributed by atoms with van der Waals surface area (Å²) in [5.41, 5.74) is 2.41. The molecule has 0 bridgehead atoms. The molecule has 0 radical (unpaired) electrons. The van der Waals surface area contributed by atoms with Crippen LogP contribution in [0.4, 0.5) is 0 Å². The molecule has 15 heavy (non-hydrogen) atoms. The Morgan fingerprint density at radius 1 is 1.20 bits per heavy atom. The molecule has 0 aromatic heterocycles. The third-order valence-electron chi connectivity index (χ3n) is 2.79. The lowest BCUT2D eigenvalue weighted by atomic mass is 10.1. The molecule has 1 aromatic rings. The SMILES string of the molecule is O=S(=O)(CCO)c1ccc2c(c1)CCC2. The first-order valence-electron chi connectivity index (χ1n) is 5.09. The maximum atomic E-state index is 11.7. The Labute approximate surface area is 89.7 Å². The molecule has 2 rings (SSSR count). The van der Waals surface area contributed by atoms with Crippen LogP contribution in [0.1, 0.15) is 17.5 Å². The van der Waals surface area contributed by atoms with Gasteiger partial charge in [-0.15, -0.1) is 0 Å². The van der Waals surface area contributed by atoms with Crippen molar-refractivity contribution in [3.05, 3.63) is 29.3 Å². The predicted molar refractivity (Wildman–Crippen MR) is 57.6 cm³/mol. The van der Waals surface area contributed by atoms with Gasteiger partial charge in [0.2, 0.25) is 0 Å². The molecule has 0 unspecified atom stereocenters. The first kappa shape index (κ1) is 10.6. The van der Waals surface area contributed by atoms with E-state index in [-0.39, 0.29) is 12.4 Å². The van der Waals surface area contributed by atoms with Crippen molar-refractivity contribution in [2.24, 2.45) is 0 Å². The summed E-state index contributed by atoms with van der Waals surface area (Å²) in [6, 6.07) is 5.30. The topological polar surface area (TPSA) is 54.4 Å². The number of aliphatic hydroxyl groups is 1. The maximum absolute atomic E-state index is 11.7. The van der Waals surface area contributed by atoms with Crippen molar-refractivity contribution < 1.29 is 13.5 Å². The van der Waals surface area contributed by atoms with E-state index in [1.54, 1.807) is 12.1 Å². The van der Waals surface area contributed by atoms with E-state index in [0.29, 0.717) is 4.90 Å². The fourth-order valence-electron chi connectivity index (χ4n) is 1.98. The van der Waals surface area contributed by atoms with Gasteiger partial charge in [0.25, 0.3) is 0 Å². The lowest BCUT2D eigenvalue weighted by molar-refractivity contribution is 0.319. The van der Waals surface area contributed by atoms with Crippen LogP contribution in [0.3, 0.4) is 0 Å². The molecule has 1 aromatic carbocycles. The van der Waals surface area contributed by atoms with Gasteiger partial charge >= 0.3 is 0 Å². The maximum Gasteiger partial charge on any atom is 0.180 e. The molecule has 0 amide bonds. The molecule has 0 heterocycles. The molecule has 82 valence electrons. The van der Waals surface area contributed by atoms with Crippen molar-refractivity contribution in [3.63, 3.8) is 0 Å². The largest absolute Gasteiger partial charge is 0.395 e. The Balaban J connectivity index is 2.38. The van der Waals surface area contributed by atoms with Crippen LogP contribution in [0.15, 0.2) is 23.1 Å². The Morgan fingerprint density at radius 3 is 2.67 bits per heavy atom. The number of rotatable bonds is 3. The lowest BCUT2D eigenvalue weighted by Gasteiger charge is -2.05.